The van der Waals surface area contributed by atoms with Gasteiger partial charge in [-0.2, -0.15) is 0 Å². The smallest absolute Gasteiger partial charge is 0.234 e. The Morgan fingerprint density at radius 3 is 2.52 bits per heavy atom. The molecule has 0 unspecified atom stereocenters. The Morgan fingerprint density at radius 2 is 1.88 bits per heavy atom. The molecular weight excluding hydrogens is 316 g/mol. The normalized spacial score (nSPS) is 28.8. The number of nitrogens with one attached hydrogen (secondary N) is 1. The highest BCUT2D eigenvalue weighted by atomic mass is 16.4. The van der Waals surface area contributed by atoms with Crippen molar-refractivity contribution in [2.45, 2.75) is 49.9 Å². The van der Waals surface area contributed by atoms with Gasteiger partial charge in [-0.15, -0.1) is 0 Å². The predicted molar refractivity (Wildman–Crippen MR) is 93.6 cm³/mol. The highest BCUT2D eigenvalue weighted by Gasteiger charge is 2.49. The van der Waals surface area contributed by atoms with E-state index in [2.05, 4.69) is 10.2 Å². The number of hydrogen-bond acceptors (Lipinski definition) is 4. The minimum Gasteiger partial charge on any atom is -0.466 e. The number of furan rings is 1. The maximum Gasteiger partial charge on any atom is 0.234 e. The summed E-state index contributed by atoms with van der Waals surface area (Å²) in [5, 5.41) is 14.0. The fourth-order valence-corrected chi connectivity index (χ4v) is 4.34. The Morgan fingerprint density at radius 1 is 1.16 bits per heavy atom. The second-order valence-corrected chi connectivity index (χ2v) is 7.24. The molecule has 132 valence electrons. The lowest BCUT2D eigenvalue weighted by molar-refractivity contribution is -0.126. The van der Waals surface area contributed by atoms with Crippen LogP contribution in [0.15, 0.2) is 53.1 Å². The molecule has 2 N–H and O–H groups in total. The Bertz CT molecular complexity index is 700. The van der Waals surface area contributed by atoms with E-state index in [1.807, 2.05) is 42.5 Å². The number of piperidine rings is 1. The van der Waals surface area contributed by atoms with Gasteiger partial charge in [0, 0.05) is 18.6 Å². The van der Waals surface area contributed by atoms with Gasteiger partial charge < -0.3 is 14.8 Å². The molecule has 0 radical (unpaired) electrons. The third-order valence-electron chi connectivity index (χ3n) is 5.56. The van der Waals surface area contributed by atoms with Crippen molar-refractivity contribution in [3.63, 3.8) is 0 Å². The molecule has 3 heterocycles. The minimum absolute atomic E-state index is 0.0455. The molecule has 2 aliphatic rings. The van der Waals surface area contributed by atoms with E-state index in [0.29, 0.717) is 31.7 Å². The van der Waals surface area contributed by atoms with Crippen LogP contribution in [0.1, 0.15) is 37.0 Å². The van der Waals surface area contributed by atoms with E-state index < -0.39 is 5.60 Å². The van der Waals surface area contributed by atoms with Gasteiger partial charge in [-0.05, 0) is 43.4 Å². The van der Waals surface area contributed by atoms with Crippen LogP contribution in [-0.4, -0.2) is 34.5 Å². The average molecular weight is 340 g/mol. The molecule has 5 heteroatoms. The number of hydrogen-bond donors (Lipinski definition) is 2. The molecule has 1 aromatic carbocycles. The van der Waals surface area contributed by atoms with Crippen LogP contribution in [0.25, 0.3) is 0 Å². The zero-order valence-electron chi connectivity index (χ0n) is 14.2. The number of rotatable bonds is 5. The van der Waals surface area contributed by atoms with E-state index >= 15 is 0 Å². The molecule has 2 saturated heterocycles. The summed E-state index contributed by atoms with van der Waals surface area (Å²) in [5.41, 5.74) is 0.205. The van der Waals surface area contributed by atoms with E-state index in [-0.39, 0.29) is 18.0 Å². The fraction of sp³-hybridized carbons (Fsp3) is 0.450. The van der Waals surface area contributed by atoms with E-state index in [0.717, 1.165) is 18.4 Å². The largest absolute Gasteiger partial charge is 0.466 e. The van der Waals surface area contributed by atoms with Crippen LogP contribution in [0.4, 0.5) is 0 Å². The van der Waals surface area contributed by atoms with Crippen LogP contribution in [0, 0.1) is 0 Å². The van der Waals surface area contributed by atoms with Gasteiger partial charge in [0.25, 0.3) is 0 Å². The predicted octanol–water partition coefficient (Wildman–Crippen LogP) is 2.41. The first-order valence-corrected chi connectivity index (χ1v) is 8.97. The molecule has 2 aromatic rings. The molecule has 5 nitrogen and oxygen atoms in total. The Labute approximate surface area is 147 Å². The molecular formula is C20H24N2O3. The number of benzene rings is 1. The topological polar surface area (TPSA) is 65.7 Å². The first kappa shape index (κ1) is 16.4. The third-order valence-corrected chi connectivity index (χ3v) is 5.56. The van der Waals surface area contributed by atoms with Crippen molar-refractivity contribution in [1.29, 1.82) is 0 Å². The Balaban J connectivity index is 1.36. The second kappa shape index (κ2) is 6.65. The van der Waals surface area contributed by atoms with Crippen LogP contribution in [0.5, 0.6) is 0 Å². The van der Waals surface area contributed by atoms with Gasteiger partial charge in [0.2, 0.25) is 5.91 Å². The number of carbonyl (C=O) groups is 1. The first-order valence-electron chi connectivity index (χ1n) is 8.97. The first-order chi connectivity index (χ1) is 12.1. The monoisotopic (exact) mass is 340 g/mol. The van der Waals surface area contributed by atoms with E-state index in [9.17, 15) is 9.90 Å². The van der Waals surface area contributed by atoms with Crippen LogP contribution >= 0.6 is 0 Å². The van der Waals surface area contributed by atoms with Crippen LogP contribution in [0.2, 0.25) is 0 Å². The number of carbonyl (C=O) groups excluding carboxylic acids is 1. The van der Waals surface area contributed by atoms with Gasteiger partial charge in [0.05, 0.1) is 12.8 Å². The average Bonchev–Trinajstić information content (AvgIpc) is 3.23. The summed E-state index contributed by atoms with van der Waals surface area (Å²) in [6, 6.07) is 14.1. The zero-order valence-corrected chi connectivity index (χ0v) is 14.2. The SMILES string of the molecule is O=C(CN1[C@@H]2CC[C@@H]1CC(O)(c1ccco1)C2)NCc1ccccc1. The standard InChI is InChI=1S/C20H24N2O3/c23-19(21-13-15-5-2-1-3-6-15)14-22-16-8-9-17(22)12-20(24,11-16)18-7-4-10-25-18/h1-7,10,16-17,24H,8-9,11-14H2,(H,21,23)/t16-,17-/m1/s1. The maximum absolute atomic E-state index is 12.4. The van der Waals surface area contributed by atoms with Gasteiger partial charge in [0.1, 0.15) is 11.4 Å². The summed E-state index contributed by atoms with van der Waals surface area (Å²) in [7, 11) is 0. The van der Waals surface area contributed by atoms with Gasteiger partial charge >= 0.3 is 0 Å². The maximum atomic E-state index is 12.4. The summed E-state index contributed by atoms with van der Waals surface area (Å²) in [4.78, 5) is 14.6. The molecule has 2 atom stereocenters. The van der Waals surface area contributed by atoms with Gasteiger partial charge in [-0.3, -0.25) is 9.69 Å². The van der Waals surface area contributed by atoms with Crippen molar-refractivity contribution in [2.24, 2.45) is 0 Å². The lowest BCUT2D eigenvalue weighted by Crippen LogP contribution is -2.52. The lowest BCUT2D eigenvalue weighted by Gasteiger charge is -2.42. The summed E-state index contributed by atoms with van der Waals surface area (Å²) in [6.45, 7) is 0.954. The van der Waals surface area contributed by atoms with Gasteiger partial charge in [-0.25, -0.2) is 0 Å². The van der Waals surface area contributed by atoms with E-state index in [4.69, 9.17) is 4.42 Å². The van der Waals surface area contributed by atoms with Crippen LogP contribution in [0.3, 0.4) is 0 Å². The van der Waals surface area contributed by atoms with Crippen molar-refractivity contribution in [3.05, 3.63) is 60.1 Å². The number of fused-ring (bicyclic) bond motifs is 2. The van der Waals surface area contributed by atoms with Crippen LogP contribution < -0.4 is 5.32 Å². The molecule has 2 bridgehead atoms. The number of aliphatic hydroxyl groups is 1. The Kier molecular flexibility index (Phi) is 4.36. The second-order valence-electron chi connectivity index (χ2n) is 7.24. The van der Waals surface area contributed by atoms with Crippen LogP contribution in [-0.2, 0) is 16.9 Å². The molecule has 2 fully saturated rings. The molecule has 0 saturated carbocycles. The van der Waals surface area contributed by atoms with Crippen molar-refractivity contribution in [3.8, 4) is 0 Å². The molecule has 1 aromatic heterocycles. The number of nitrogens with zero attached hydrogens (tertiary/aromatic N) is 1. The zero-order chi connectivity index (χ0) is 17.3. The van der Waals surface area contributed by atoms with E-state index in [1.165, 1.54) is 0 Å². The molecule has 1 amide bonds. The molecule has 2 aliphatic heterocycles. The minimum atomic E-state index is -0.896. The third kappa shape index (κ3) is 3.34. The summed E-state index contributed by atoms with van der Waals surface area (Å²) < 4.78 is 5.46. The lowest BCUT2D eigenvalue weighted by atomic mass is 9.84. The highest BCUT2D eigenvalue weighted by molar-refractivity contribution is 5.78. The van der Waals surface area contributed by atoms with Gasteiger partial charge in [-0.1, -0.05) is 30.3 Å². The van der Waals surface area contributed by atoms with Crippen molar-refractivity contribution in [1.82, 2.24) is 10.2 Å². The molecule has 0 spiro atoms. The molecule has 0 aliphatic carbocycles. The fourth-order valence-electron chi connectivity index (χ4n) is 4.34. The highest BCUT2D eigenvalue weighted by Crippen LogP contribution is 2.45. The van der Waals surface area contributed by atoms with Gasteiger partial charge in [0.15, 0.2) is 0 Å². The summed E-state index contributed by atoms with van der Waals surface area (Å²) >= 11 is 0. The van der Waals surface area contributed by atoms with Crippen molar-refractivity contribution < 1.29 is 14.3 Å². The quantitative estimate of drug-likeness (QED) is 0.877. The molecule has 4 rings (SSSR count). The van der Waals surface area contributed by atoms with Crippen molar-refractivity contribution in [2.75, 3.05) is 6.54 Å². The molecule has 25 heavy (non-hydrogen) atoms. The van der Waals surface area contributed by atoms with Crippen molar-refractivity contribution >= 4 is 5.91 Å². The number of amides is 1. The van der Waals surface area contributed by atoms with E-state index in [1.54, 1.807) is 6.26 Å². The summed E-state index contributed by atoms with van der Waals surface area (Å²) in [5.74, 6) is 0.696. The summed E-state index contributed by atoms with van der Waals surface area (Å²) in [6.07, 6.45) is 4.92. The Hall–Kier alpha value is -2.11.